The van der Waals surface area contributed by atoms with Crippen LogP contribution in [-0.2, 0) is 11.3 Å². The van der Waals surface area contributed by atoms with Gasteiger partial charge in [0.2, 0.25) is 0 Å². The Balaban J connectivity index is 1.73. The van der Waals surface area contributed by atoms with Crippen molar-refractivity contribution in [3.63, 3.8) is 0 Å². The molecule has 0 aliphatic rings. The molecule has 2 aromatic rings. The van der Waals surface area contributed by atoms with Gasteiger partial charge in [0, 0.05) is 6.54 Å². The van der Waals surface area contributed by atoms with E-state index in [-0.39, 0.29) is 12.0 Å². The van der Waals surface area contributed by atoms with Gasteiger partial charge in [0.05, 0.1) is 0 Å². The first kappa shape index (κ1) is 14.1. The summed E-state index contributed by atoms with van der Waals surface area (Å²) >= 11 is 0. The van der Waals surface area contributed by atoms with Crippen LogP contribution in [0, 0.1) is 0 Å². The molecule has 3 heteroatoms. The number of nitrogens with one attached hydrogen (secondary N) is 1. The first-order chi connectivity index (χ1) is 9.75. The first-order valence-corrected chi connectivity index (χ1v) is 6.75. The summed E-state index contributed by atoms with van der Waals surface area (Å²) in [5.41, 5.74) is 2.19. The first-order valence-electron chi connectivity index (χ1n) is 6.75. The van der Waals surface area contributed by atoms with E-state index in [1.54, 1.807) is 0 Å². The number of hydrogen-bond acceptors (Lipinski definition) is 2. The molecule has 3 nitrogen and oxygen atoms in total. The molecule has 0 aromatic heterocycles. The molecule has 0 bridgehead atoms. The van der Waals surface area contributed by atoms with Crippen molar-refractivity contribution in [2.24, 2.45) is 0 Å². The average molecular weight is 269 g/mol. The summed E-state index contributed by atoms with van der Waals surface area (Å²) in [6, 6.07) is 19.7. The maximum atomic E-state index is 11.6. The molecule has 2 rings (SSSR count). The van der Waals surface area contributed by atoms with E-state index in [1.165, 1.54) is 5.56 Å². The van der Waals surface area contributed by atoms with Crippen LogP contribution in [0.2, 0.25) is 0 Å². The van der Waals surface area contributed by atoms with Gasteiger partial charge in [-0.1, -0.05) is 67.6 Å². The summed E-state index contributed by atoms with van der Waals surface area (Å²) in [4.78, 5) is 11.6. The van der Waals surface area contributed by atoms with Crippen LogP contribution in [0.1, 0.15) is 24.0 Å². The molecule has 1 atom stereocenters. The second-order valence-corrected chi connectivity index (χ2v) is 4.75. The van der Waals surface area contributed by atoms with Crippen molar-refractivity contribution in [3.05, 3.63) is 71.8 Å². The third-order valence-electron chi connectivity index (χ3n) is 3.13. The highest BCUT2D eigenvalue weighted by molar-refractivity contribution is 5.67. The van der Waals surface area contributed by atoms with E-state index in [1.807, 2.05) is 48.5 Å². The van der Waals surface area contributed by atoms with Crippen LogP contribution in [0.15, 0.2) is 60.7 Å². The molecule has 0 aliphatic carbocycles. The lowest BCUT2D eigenvalue weighted by Gasteiger charge is -2.13. The topological polar surface area (TPSA) is 38.3 Å². The molecule has 0 saturated heterocycles. The van der Waals surface area contributed by atoms with Crippen LogP contribution >= 0.6 is 0 Å². The lowest BCUT2D eigenvalue weighted by Crippen LogP contribution is -2.28. The third kappa shape index (κ3) is 4.43. The standard InChI is InChI=1S/C17H19NO2/c1-14(16-10-6-3-7-11-16)12-18-17(19)20-13-15-8-4-2-5-9-15/h2-11,14H,12-13H2,1H3,(H,18,19)/t14-/m1/s1. The molecule has 0 radical (unpaired) electrons. The third-order valence-corrected chi connectivity index (χ3v) is 3.13. The summed E-state index contributed by atoms with van der Waals surface area (Å²) in [5, 5.41) is 2.79. The molecular weight excluding hydrogens is 250 g/mol. The zero-order valence-electron chi connectivity index (χ0n) is 11.6. The monoisotopic (exact) mass is 269 g/mol. The van der Waals surface area contributed by atoms with E-state index >= 15 is 0 Å². The largest absolute Gasteiger partial charge is 0.445 e. The van der Waals surface area contributed by atoms with Gasteiger partial charge in [0.15, 0.2) is 0 Å². The maximum absolute atomic E-state index is 11.6. The second kappa shape index (κ2) is 7.34. The lowest BCUT2D eigenvalue weighted by atomic mass is 10.0. The highest BCUT2D eigenvalue weighted by Gasteiger charge is 2.08. The maximum Gasteiger partial charge on any atom is 0.407 e. The molecule has 2 aromatic carbocycles. The molecule has 0 fully saturated rings. The van der Waals surface area contributed by atoms with Crippen molar-refractivity contribution in [3.8, 4) is 0 Å². The zero-order chi connectivity index (χ0) is 14.2. The molecule has 0 saturated carbocycles. The minimum Gasteiger partial charge on any atom is -0.445 e. The summed E-state index contributed by atoms with van der Waals surface area (Å²) in [6.45, 7) is 2.94. The molecular formula is C17H19NO2. The van der Waals surface area contributed by atoms with Gasteiger partial charge in [-0.3, -0.25) is 0 Å². The Hall–Kier alpha value is -2.29. The van der Waals surface area contributed by atoms with E-state index < -0.39 is 0 Å². The SMILES string of the molecule is C[C@H](CNC(=O)OCc1ccccc1)c1ccccc1. The van der Waals surface area contributed by atoms with Crippen LogP contribution in [0.25, 0.3) is 0 Å². The van der Waals surface area contributed by atoms with E-state index in [0.717, 1.165) is 5.56 Å². The summed E-state index contributed by atoms with van der Waals surface area (Å²) in [5.74, 6) is 0.264. The number of carbonyl (C=O) groups is 1. The normalized spacial score (nSPS) is 11.7. The molecule has 0 spiro atoms. The number of hydrogen-bond donors (Lipinski definition) is 1. The highest BCUT2D eigenvalue weighted by Crippen LogP contribution is 2.13. The smallest absolute Gasteiger partial charge is 0.407 e. The number of rotatable bonds is 5. The second-order valence-electron chi connectivity index (χ2n) is 4.75. The number of carbonyl (C=O) groups excluding carboxylic acids is 1. The summed E-state index contributed by atoms with van der Waals surface area (Å²) < 4.78 is 5.16. The van der Waals surface area contributed by atoms with Gasteiger partial charge in [-0.05, 0) is 17.0 Å². The number of ether oxygens (including phenoxy) is 1. The Morgan fingerprint density at radius 1 is 1.05 bits per heavy atom. The van der Waals surface area contributed by atoms with E-state index in [4.69, 9.17) is 4.74 Å². The van der Waals surface area contributed by atoms with Gasteiger partial charge in [-0.25, -0.2) is 4.79 Å². The predicted octanol–water partition coefficient (Wildman–Crippen LogP) is 3.72. The highest BCUT2D eigenvalue weighted by atomic mass is 16.5. The summed E-state index contributed by atoms with van der Waals surface area (Å²) in [7, 11) is 0. The minimum atomic E-state index is -0.378. The van der Waals surface area contributed by atoms with Crippen molar-refractivity contribution in [2.45, 2.75) is 19.4 Å². The van der Waals surface area contributed by atoms with Crippen LogP contribution in [0.5, 0.6) is 0 Å². The lowest BCUT2D eigenvalue weighted by molar-refractivity contribution is 0.139. The Morgan fingerprint density at radius 2 is 1.65 bits per heavy atom. The van der Waals surface area contributed by atoms with Gasteiger partial charge in [-0.2, -0.15) is 0 Å². The fraction of sp³-hybridized carbons (Fsp3) is 0.235. The van der Waals surface area contributed by atoms with Crippen molar-refractivity contribution in [1.29, 1.82) is 0 Å². The van der Waals surface area contributed by atoms with Crippen LogP contribution in [0.4, 0.5) is 4.79 Å². The van der Waals surface area contributed by atoms with Crippen LogP contribution in [0.3, 0.4) is 0 Å². The van der Waals surface area contributed by atoms with E-state index in [0.29, 0.717) is 13.2 Å². The summed E-state index contributed by atoms with van der Waals surface area (Å²) in [6.07, 6.45) is -0.378. The van der Waals surface area contributed by atoms with E-state index in [2.05, 4.69) is 24.4 Å². The molecule has 20 heavy (non-hydrogen) atoms. The number of alkyl carbamates (subject to hydrolysis) is 1. The van der Waals surface area contributed by atoms with Gasteiger partial charge < -0.3 is 10.1 Å². The van der Waals surface area contributed by atoms with Gasteiger partial charge in [0.1, 0.15) is 6.61 Å². The molecule has 104 valence electrons. The minimum absolute atomic E-state index is 0.264. The molecule has 1 amide bonds. The van der Waals surface area contributed by atoms with E-state index in [9.17, 15) is 4.79 Å². The number of amides is 1. The Bertz CT molecular complexity index is 525. The Morgan fingerprint density at radius 3 is 2.30 bits per heavy atom. The molecule has 0 aliphatic heterocycles. The van der Waals surface area contributed by atoms with Crippen molar-refractivity contribution >= 4 is 6.09 Å². The van der Waals surface area contributed by atoms with Crippen LogP contribution < -0.4 is 5.32 Å². The molecule has 1 N–H and O–H groups in total. The van der Waals surface area contributed by atoms with Crippen molar-refractivity contribution in [2.75, 3.05) is 6.54 Å². The number of benzene rings is 2. The van der Waals surface area contributed by atoms with Crippen LogP contribution in [-0.4, -0.2) is 12.6 Å². The van der Waals surface area contributed by atoms with Gasteiger partial charge >= 0.3 is 6.09 Å². The predicted molar refractivity (Wildman–Crippen MR) is 79.5 cm³/mol. The fourth-order valence-corrected chi connectivity index (χ4v) is 1.91. The molecule has 0 heterocycles. The van der Waals surface area contributed by atoms with Crippen molar-refractivity contribution in [1.82, 2.24) is 5.32 Å². The van der Waals surface area contributed by atoms with Gasteiger partial charge in [0.25, 0.3) is 0 Å². The quantitative estimate of drug-likeness (QED) is 0.898. The van der Waals surface area contributed by atoms with Crippen molar-refractivity contribution < 1.29 is 9.53 Å². The van der Waals surface area contributed by atoms with Gasteiger partial charge in [-0.15, -0.1) is 0 Å². The Labute approximate surface area is 119 Å². The molecule has 0 unspecified atom stereocenters. The average Bonchev–Trinajstić information content (AvgIpc) is 2.52. The Kier molecular flexibility index (Phi) is 5.18. The fourth-order valence-electron chi connectivity index (χ4n) is 1.91. The zero-order valence-corrected chi connectivity index (χ0v) is 11.6.